The van der Waals surface area contributed by atoms with E-state index in [-0.39, 0.29) is 18.8 Å². The second-order valence-corrected chi connectivity index (χ2v) is 5.31. The van der Waals surface area contributed by atoms with Gasteiger partial charge in [-0.15, -0.1) is 0 Å². The van der Waals surface area contributed by atoms with Crippen LogP contribution in [0.15, 0.2) is 12.2 Å². The lowest BCUT2D eigenvalue weighted by molar-refractivity contribution is -0.512. The lowest BCUT2D eigenvalue weighted by Gasteiger charge is -2.30. The summed E-state index contributed by atoms with van der Waals surface area (Å²) >= 11 is 0. The fraction of sp³-hybridized carbons (Fsp3) is 0.714. The zero-order valence-corrected chi connectivity index (χ0v) is 13.2. The van der Waals surface area contributed by atoms with E-state index in [2.05, 4.69) is 11.3 Å². The normalized spacial score (nSPS) is 14.3. The van der Waals surface area contributed by atoms with Crippen molar-refractivity contribution in [3.05, 3.63) is 12.2 Å². The van der Waals surface area contributed by atoms with Crippen molar-refractivity contribution in [1.29, 1.82) is 0 Å². The summed E-state index contributed by atoms with van der Waals surface area (Å²) in [5, 5.41) is 8.71. The minimum atomic E-state index is -1.95. The highest BCUT2D eigenvalue weighted by atomic mass is 17.3. The second-order valence-electron chi connectivity index (χ2n) is 5.31. The van der Waals surface area contributed by atoms with Crippen LogP contribution >= 0.6 is 0 Å². The molecule has 7 nitrogen and oxygen atoms in total. The molecule has 0 rings (SSSR count). The van der Waals surface area contributed by atoms with Crippen molar-refractivity contribution in [2.45, 2.75) is 59.0 Å². The monoisotopic (exact) mass is 304 g/mol. The standard InChI is InChI=1S/C14H24O7/c1-7-13(4,5)20-21-14(6,19-12(16)17)18-9-8-11(15)10(2)3/h2,7-9H2,1,3-6H3,(H,16,17). The predicted molar refractivity (Wildman–Crippen MR) is 74.4 cm³/mol. The lowest BCUT2D eigenvalue weighted by Crippen LogP contribution is -2.41. The van der Waals surface area contributed by atoms with Crippen LogP contribution in [0.25, 0.3) is 0 Å². The van der Waals surface area contributed by atoms with Gasteiger partial charge in [0.05, 0.1) is 12.2 Å². The first-order valence-electron chi connectivity index (χ1n) is 6.63. The van der Waals surface area contributed by atoms with Crippen molar-refractivity contribution in [2.75, 3.05) is 6.61 Å². The molecule has 0 aromatic rings. The molecule has 0 amide bonds. The Hall–Kier alpha value is -1.44. The number of allylic oxidation sites excluding steroid dienone is 1. The molecule has 0 radical (unpaired) electrons. The van der Waals surface area contributed by atoms with Gasteiger partial charge in [0.25, 0.3) is 0 Å². The molecule has 122 valence electrons. The third kappa shape index (κ3) is 8.44. The number of ether oxygens (including phenoxy) is 2. The van der Waals surface area contributed by atoms with Gasteiger partial charge in [-0.3, -0.25) is 4.79 Å². The van der Waals surface area contributed by atoms with Gasteiger partial charge in [0.2, 0.25) is 0 Å². The summed E-state index contributed by atoms with van der Waals surface area (Å²) in [5.74, 6) is -2.14. The Bertz CT molecular complexity index is 389. The van der Waals surface area contributed by atoms with Gasteiger partial charge in [-0.2, -0.15) is 4.89 Å². The van der Waals surface area contributed by atoms with Crippen LogP contribution in [0.5, 0.6) is 0 Å². The lowest BCUT2D eigenvalue weighted by atomic mass is 10.1. The van der Waals surface area contributed by atoms with Gasteiger partial charge in [-0.1, -0.05) is 13.5 Å². The van der Waals surface area contributed by atoms with Crippen LogP contribution in [0.4, 0.5) is 4.79 Å². The topological polar surface area (TPSA) is 91.3 Å². The molecule has 0 bridgehead atoms. The predicted octanol–water partition coefficient (Wildman–Crippen LogP) is 3.04. The molecule has 0 spiro atoms. The molecule has 0 aromatic carbocycles. The minimum Gasteiger partial charge on any atom is -0.450 e. The number of hydrogen-bond donors (Lipinski definition) is 1. The van der Waals surface area contributed by atoms with Gasteiger partial charge in [0, 0.05) is 13.3 Å². The summed E-state index contributed by atoms with van der Waals surface area (Å²) in [6.07, 6.45) is -0.916. The van der Waals surface area contributed by atoms with Gasteiger partial charge in [-0.05, 0) is 32.8 Å². The number of Topliss-reactive ketones (excluding diaryl/α,β-unsaturated/α-hetero) is 1. The van der Waals surface area contributed by atoms with Crippen molar-refractivity contribution in [2.24, 2.45) is 0 Å². The average Bonchev–Trinajstić information content (AvgIpc) is 2.35. The molecule has 0 aromatic heterocycles. The van der Waals surface area contributed by atoms with Crippen LogP contribution in [0.2, 0.25) is 0 Å². The summed E-state index contributed by atoms with van der Waals surface area (Å²) in [6, 6.07) is 0. The molecule has 7 heteroatoms. The van der Waals surface area contributed by atoms with Gasteiger partial charge >= 0.3 is 12.1 Å². The van der Waals surface area contributed by atoms with Gasteiger partial charge in [0.1, 0.15) is 0 Å². The summed E-state index contributed by atoms with van der Waals surface area (Å²) in [5.41, 5.74) is -0.247. The summed E-state index contributed by atoms with van der Waals surface area (Å²) < 4.78 is 9.72. The van der Waals surface area contributed by atoms with E-state index in [1.165, 1.54) is 6.92 Å². The minimum absolute atomic E-state index is 0.0361. The number of carbonyl (C=O) groups excluding carboxylic acids is 1. The zero-order valence-electron chi connectivity index (χ0n) is 13.2. The highest BCUT2D eigenvalue weighted by molar-refractivity contribution is 5.94. The Kier molecular flexibility index (Phi) is 7.56. The molecule has 0 aliphatic carbocycles. The van der Waals surface area contributed by atoms with E-state index >= 15 is 0 Å². The largest absolute Gasteiger partial charge is 0.510 e. The fourth-order valence-electron chi connectivity index (χ4n) is 1.02. The maximum atomic E-state index is 11.4. The Labute approximate surface area is 124 Å². The zero-order chi connectivity index (χ0) is 16.7. The first kappa shape index (κ1) is 19.6. The summed E-state index contributed by atoms with van der Waals surface area (Å²) in [4.78, 5) is 32.2. The fourth-order valence-corrected chi connectivity index (χ4v) is 1.02. The molecule has 0 fully saturated rings. The van der Waals surface area contributed by atoms with Crippen LogP contribution in [-0.4, -0.2) is 35.2 Å². The molecule has 1 atom stereocenters. The van der Waals surface area contributed by atoms with Crippen LogP contribution in [0, 0.1) is 0 Å². The molecular weight excluding hydrogens is 280 g/mol. The van der Waals surface area contributed by atoms with E-state index in [0.717, 1.165) is 0 Å². The van der Waals surface area contributed by atoms with Crippen LogP contribution in [-0.2, 0) is 24.0 Å². The highest BCUT2D eigenvalue weighted by Crippen LogP contribution is 2.22. The first-order valence-corrected chi connectivity index (χ1v) is 6.63. The Morgan fingerprint density at radius 3 is 2.19 bits per heavy atom. The molecule has 0 saturated carbocycles. The van der Waals surface area contributed by atoms with E-state index in [1.807, 2.05) is 6.92 Å². The highest BCUT2D eigenvalue weighted by Gasteiger charge is 2.35. The van der Waals surface area contributed by atoms with E-state index in [1.54, 1.807) is 20.8 Å². The third-order valence-electron chi connectivity index (χ3n) is 2.71. The van der Waals surface area contributed by atoms with E-state index in [0.29, 0.717) is 12.0 Å². The van der Waals surface area contributed by atoms with E-state index < -0.39 is 17.7 Å². The molecule has 0 heterocycles. The van der Waals surface area contributed by atoms with Crippen molar-refractivity contribution in [3.8, 4) is 0 Å². The maximum absolute atomic E-state index is 11.4. The maximum Gasteiger partial charge on any atom is 0.510 e. The Morgan fingerprint density at radius 1 is 1.19 bits per heavy atom. The SMILES string of the molecule is C=C(C)C(=O)CCOC(C)(OOC(C)(C)CC)OC(=O)O. The second kappa shape index (κ2) is 8.11. The van der Waals surface area contributed by atoms with Crippen LogP contribution in [0.1, 0.15) is 47.5 Å². The number of hydrogen-bond acceptors (Lipinski definition) is 6. The van der Waals surface area contributed by atoms with Crippen molar-refractivity contribution >= 4 is 11.9 Å². The van der Waals surface area contributed by atoms with Crippen LogP contribution in [0.3, 0.4) is 0 Å². The van der Waals surface area contributed by atoms with Gasteiger partial charge in [0.15, 0.2) is 5.78 Å². The Balaban J connectivity index is 4.58. The number of carboxylic acid groups (broad SMARTS) is 1. The van der Waals surface area contributed by atoms with Crippen molar-refractivity contribution in [1.82, 2.24) is 0 Å². The summed E-state index contributed by atoms with van der Waals surface area (Å²) in [6.45, 7) is 11.7. The number of carbonyl (C=O) groups is 2. The van der Waals surface area contributed by atoms with Gasteiger partial charge in [-0.25, -0.2) is 9.68 Å². The molecule has 0 aliphatic heterocycles. The smallest absolute Gasteiger partial charge is 0.450 e. The van der Waals surface area contributed by atoms with Gasteiger partial charge < -0.3 is 14.6 Å². The Morgan fingerprint density at radius 2 is 1.76 bits per heavy atom. The summed E-state index contributed by atoms with van der Waals surface area (Å²) in [7, 11) is 0. The average molecular weight is 304 g/mol. The number of rotatable bonds is 10. The molecule has 0 aliphatic rings. The van der Waals surface area contributed by atoms with Crippen molar-refractivity contribution < 1.29 is 33.9 Å². The van der Waals surface area contributed by atoms with E-state index in [4.69, 9.17) is 19.6 Å². The van der Waals surface area contributed by atoms with Crippen molar-refractivity contribution in [3.63, 3.8) is 0 Å². The van der Waals surface area contributed by atoms with Crippen LogP contribution < -0.4 is 0 Å². The molecule has 1 N–H and O–H groups in total. The quantitative estimate of drug-likeness (QED) is 0.218. The van der Waals surface area contributed by atoms with E-state index in [9.17, 15) is 9.59 Å². The molecular formula is C14H24O7. The third-order valence-corrected chi connectivity index (χ3v) is 2.71. The number of ketones is 1. The first-order chi connectivity index (χ1) is 9.51. The molecule has 0 saturated heterocycles. The molecule has 1 unspecified atom stereocenters. The molecule has 21 heavy (non-hydrogen) atoms.